The van der Waals surface area contributed by atoms with Crippen LogP contribution in [-0.2, 0) is 17.8 Å². The zero-order valence-corrected chi connectivity index (χ0v) is 13.8. The monoisotopic (exact) mass is 311 g/mol. The van der Waals surface area contributed by atoms with Gasteiger partial charge in [-0.2, -0.15) is 0 Å². The maximum atomic E-state index is 5.86. The van der Waals surface area contributed by atoms with E-state index in [0.29, 0.717) is 6.61 Å². The summed E-state index contributed by atoms with van der Waals surface area (Å²) in [6.07, 6.45) is 2.52. The van der Waals surface area contributed by atoms with Gasteiger partial charge < -0.3 is 14.8 Å². The van der Waals surface area contributed by atoms with Gasteiger partial charge in [-0.15, -0.1) is 0 Å². The summed E-state index contributed by atoms with van der Waals surface area (Å²) in [4.78, 5) is 0. The van der Waals surface area contributed by atoms with E-state index in [1.807, 2.05) is 6.07 Å². The molecule has 1 unspecified atom stereocenters. The predicted octanol–water partition coefficient (Wildman–Crippen LogP) is 3.84. The molecule has 1 aliphatic rings. The maximum Gasteiger partial charge on any atom is 0.119 e. The molecule has 0 bridgehead atoms. The fraction of sp³-hybridized carbons (Fsp3) is 0.400. The van der Waals surface area contributed by atoms with E-state index in [0.717, 1.165) is 38.3 Å². The Labute approximate surface area is 138 Å². The third-order valence-electron chi connectivity index (χ3n) is 4.26. The summed E-state index contributed by atoms with van der Waals surface area (Å²) in [7, 11) is 0. The standard InChI is InChI=1S/C20H25NO2/c1-16-6-2-3-8-18(16)14-21-13-17-7-4-9-19(12-17)23-15-20-10-5-11-22-20/h2-4,6-9,12,20-21H,5,10-11,13-15H2,1H3. The lowest BCUT2D eigenvalue weighted by Crippen LogP contribution is -2.16. The minimum atomic E-state index is 0.262. The summed E-state index contributed by atoms with van der Waals surface area (Å²) >= 11 is 0. The van der Waals surface area contributed by atoms with Gasteiger partial charge in [-0.1, -0.05) is 36.4 Å². The first-order valence-electron chi connectivity index (χ1n) is 8.40. The minimum Gasteiger partial charge on any atom is -0.491 e. The number of nitrogens with one attached hydrogen (secondary N) is 1. The van der Waals surface area contributed by atoms with Crippen molar-refractivity contribution in [1.82, 2.24) is 5.32 Å². The van der Waals surface area contributed by atoms with Crippen molar-refractivity contribution >= 4 is 0 Å². The smallest absolute Gasteiger partial charge is 0.119 e. The molecule has 0 aliphatic carbocycles. The van der Waals surface area contributed by atoms with Crippen molar-refractivity contribution < 1.29 is 9.47 Å². The van der Waals surface area contributed by atoms with E-state index in [2.05, 4.69) is 54.7 Å². The molecule has 1 atom stereocenters. The van der Waals surface area contributed by atoms with Crippen LogP contribution in [0.3, 0.4) is 0 Å². The normalized spacial score (nSPS) is 17.3. The van der Waals surface area contributed by atoms with Crippen LogP contribution in [-0.4, -0.2) is 19.3 Å². The van der Waals surface area contributed by atoms with Crippen LogP contribution >= 0.6 is 0 Å². The van der Waals surface area contributed by atoms with E-state index in [1.165, 1.54) is 16.7 Å². The highest BCUT2D eigenvalue weighted by molar-refractivity contribution is 5.29. The van der Waals surface area contributed by atoms with Crippen LogP contribution in [0.15, 0.2) is 48.5 Å². The van der Waals surface area contributed by atoms with E-state index >= 15 is 0 Å². The van der Waals surface area contributed by atoms with E-state index in [-0.39, 0.29) is 6.10 Å². The number of hydrogen-bond donors (Lipinski definition) is 1. The quantitative estimate of drug-likeness (QED) is 0.842. The van der Waals surface area contributed by atoms with E-state index < -0.39 is 0 Å². The molecule has 0 radical (unpaired) electrons. The predicted molar refractivity (Wildman–Crippen MR) is 92.6 cm³/mol. The molecule has 1 aliphatic heterocycles. The van der Waals surface area contributed by atoms with Crippen molar-refractivity contribution in [3.05, 3.63) is 65.2 Å². The second-order valence-corrected chi connectivity index (χ2v) is 6.12. The molecule has 2 aromatic rings. The second kappa shape index (κ2) is 8.14. The van der Waals surface area contributed by atoms with Gasteiger partial charge in [-0.3, -0.25) is 0 Å². The minimum absolute atomic E-state index is 0.262. The molecule has 1 fully saturated rings. The highest BCUT2D eigenvalue weighted by Crippen LogP contribution is 2.17. The summed E-state index contributed by atoms with van der Waals surface area (Å²) in [5, 5.41) is 3.50. The van der Waals surface area contributed by atoms with Gasteiger partial charge in [0.15, 0.2) is 0 Å². The van der Waals surface area contributed by atoms with Gasteiger partial charge in [0.1, 0.15) is 12.4 Å². The zero-order valence-electron chi connectivity index (χ0n) is 13.8. The molecule has 0 spiro atoms. The average Bonchev–Trinajstić information content (AvgIpc) is 3.09. The Morgan fingerprint density at radius 3 is 2.87 bits per heavy atom. The van der Waals surface area contributed by atoms with Gasteiger partial charge in [0.05, 0.1) is 6.10 Å². The van der Waals surface area contributed by atoms with Crippen LogP contribution < -0.4 is 10.1 Å². The van der Waals surface area contributed by atoms with Crippen LogP contribution in [0.4, 0.5) is 0 Å². The van der Waals surface area contributed by atoms with Crippen LogP contribution in [0.25, 0.3) is 0 Å². The molecule has 0 amide bonds. The van der Waals surface area contributed by atoms with Gasteiger partial charge in [0.25, 0.3) is 0 Å². The first-order chi connectivity index (χ1) is 11.3. The molecule has 2 aromatic carbocycles. The van der Waals surface area contributed by atoms with Crippen LogP contribution in [0.1, 0.15) is 29.5 Å². The molecule has 1 heterocycles. The lowest BCUT2D eigenvalue weighted by molar-refractivity contribution is 0.0679. The van der Waals surface area contributed by atoms with Crippen molar-refractivity contribution in [2.75, 3.05) is 13.2 Å². The Morgan fingerprint density at radius 2 is 2.04 bits per heavy atom. The first kappa shape index (κ1) is 16.0. The fourth-order valence-corrected chi connectivity index (χ4v) is 2.86. The summed E-state index contributed by atoms with van der Waals surface area (Å²) in [6, 6.07) is 16.8. The SMILES string of the molecule is Cc1ccccc1CNCc1cccc(OCC2CCCO2)c1. The van der Waals surface area contributed by atoms with Crippen molar-refractivity contribution in [3.8, 4) is 5.75 Å². The topological polar surface area (TPSA) is 30.5 Å². The van der Waals surface area contributed by atoms with Crippen LogP contribution in [0, 0.1) is 6.92 Å². The molecule has 3 nitrogen and oxygen atoms in total. The van der Waals surface area contributed by atoms with E-state index in [4.69, 9.17) is 9.47 Å². The zero-order chi connectivity index (χ0) is 15.9. The summed E-state index contributed by atoms with van der Waals surface area (Å²) in [5.74, 6) is 0.927. The molecule has 0 saturated carbocycles. The van der Waals surface area contributed by atoms with Gasteiger partial charge in [0.2, 0.25) is 0 Å². The first-order valence-corrected chi connectivity index (χ1v) is 8.40. The molecule has 1 saturated heterocycles. The highest BCUT2D eigenvalue weighted by atomic mass is 16.5. The van der Waals surface area contributed by atoms with Crippen molar-refractivity contribution in [2.45, 2.75) is 39.0 Å². The Balaban J connectivity index is 1.48. The molecule has 122 valence electrons. The van der Waals surface area contributed by atoms with Gasteiger partial charge in [-0.25, -0.2) is 0 Å². The highest BCUT2D eigenvalue weighted by Gasteiger charge is 2.15. The third kappa shape index (κ3) is 4.81. The lowest BCUT2D eigenvalue weighted by atomic mass is 10.1. The molecule has 23 heavy (non-hydrogen) atoms. The number of benzene rings is 2. The number of aryl methyl sites for hydroxylation is 1. The van der Waals surface area contributed by atoms with E-state index in [1.54, 1.807) is 0 Å². The largest absolute Gasteiger partial charge is 0.491 e. The Bertz CT molecular complexity index is 621. The maximum absolute atomic E-state index is 5.86. The van der Waals surface area contributed by atoms with Crippen LogP contribution in [0.5, 0.6) is 5.75 Å². The number of hydrogen-bond acceptors (Lipinski definition) is 3. The van der Waals surface area contributed by atoms with Crippen molar-refractivity contribution in [1.29, 1.82) is 0 Å². The molecule has 3 heteroatoms. The number of ether oxygens (including phenoxy) is 2. The Hall–Kier alpha value is -1.84. The van der Waals surface area contributed by atoms with Crippen LogP contribution in [0.2, 0.25) is 0 Å². The summed E-state index contributed by atoms with van der Waals surface area (Å²) in [5.41, 5.74) is 3.91. The molecule has 3 rings (SSSR count). The van der Waals surface area contributed by atoms with Crippen molar-refractivity contribution in [2.24, 2.45) is 0 Å². The molecular formula is C20H25NO2. The summed E-state index contributed by atoms with van der Waals surface area (Å²) < 4.78 is 11.5. The Kier molecular flexibility index (Phi) is 5.67. The van der Waals surface area contributed by atoms with E-state index in [9.17, 15) is 0 Å². The van der Waals surface area contributed by atoms with Gasteiger partial charge in [-0.05, 0) is 48.6 Å². The number of rotatable bonds is 7. The molecular weight excluding hydrogens is 286 g/mol. The Morgan fingerprint density at radius 1 is 1.13 bits per heavy atom. The van der Waals surface area contributed by atoms with Gasteiger partial charge >= 0.3 is 0 Å². The molecule has 1 N–H and O–H groups in total. The summed E-state index contributed by atoms with van der Waals surface area (Å²) in [6.45, 7) is 5.40. The third-order valence-corrected chi connectivity index (χ3v) is 4.26. The second-order valence-electron chi connectivity index (χ2n) is 6.12. The molecule has 0 aromatic heterocycles. The average molecular weight is 311 g/mol. The lowest BCUT2D eigenvalue weighted by Gasteiger charge is -2.13. The van der Waals surface area contributed by atoms with Crippen molar-refractivity contribution in [3.63, 3.8) is 0 Å². The fourth-order valence-electron chi connectivity index (χ4n) is 2.86. The van der Waals surface area contributed by atoms with Gasteiger partial charge in [0, 0.05) is 19.7 Å².